The fraction of sp³-hybridized carbons (Fsp3) is 0.0400. The lowest BCUT2D eigenvalue weighted by molar-refractivity contribution is 1.09. The summed E-state index contributed by atoms with van der Waals surface area (Å²) in [5, 5.41) is 3.50. The highest BCUT2D eigenvalue weighted by molar-refractivity contribution is 5.85. The normalized spacial score (nSPS) is 12.2. The van der Waals surface area contributed by atoms with Crippen molar-refractivity contribution in [2.75, 3.05) is 16.0 Å². The summed E-state index contributed by atoms with van der Waals surface area (Å²) in [6.07, 6.45) is 0.864. The molecule has 0 bridgehead atoms. The second-order valence-electron chi connectivity index (χ2n) is 7.07. The van der Waals surface area contributed by atoms with Crippen molar-refractivity contribution in [3.63, 3.8) is 0 Å². The monoisotopic (exact) mass is 363 g/mol. The zero-order valence-corrected chi connectivity index (χ0v) is 15.5. The lowest BCUT2D eigenvalue weighted by atomic mass is 9.94. The first-order valence-electron chi connectivity index (χ1n) is 9.46. The van der Waals surface area contributed by atoms with Crippen LogP contribution < -0.4 is 16.0 Å². The second kappa shape index (κ2) is 6.78. The molecule has 3 nitrogen and oxygen atoms in total. The quantitative estimate of drug-likeness (QED) is 0.365. The number of rotatable bonds is 3. The van der Waals surface area contributed by atoms with Gasteiger partial charge in [-0.1, -0.05) is 36.4 Å². The number of hydrogen-bond donors (Lipinski definition) is 2. The number of benzene rings is 4. The molecule has 0 saturated heterocycles. The molecule has 0 unspecified atom stereocenters. The van der Waals surface area contributed by atoms with Crippen molar-refractivity contribution in [1.82, 2.24) is 0 Å². The van der Waals surface area contributed by atoms with Gasteiger partial charge in [0.1, 0.15) is 0 Å². The Balaban J connectivity index is 1.60. The maximum absolute atomic E-state index is 6.09. The van der Waals surface area contributed by atoms with Gasteiger partial charge in [-0.05, 0) is 71.8 Å². The summed E-state index contributed by atoms with van der Waals surface area (Å²) in [6.45, 7) is 0. The van der Waals surface area contributed by atoms with E-state index in [9.17, 15) is 0 Å². The van der Waals surface area contributed by atoms with Crippen LogP contribution in [0.15, 0.2) is 97.1 Å². The first-order valence-corrected chi connectivity index (χ1v) is 9.46. The molecule has 5 rings (SSSR count). The molecule has 0 spiro atoms. The molecule has 4 aromatic rings. The third-order valence-electron chi connectivity index (χ3n) is 5.12. The molecule has 3 heteroatoms. The molecule has 1 aliphatic rings. The van der Waals surface area contributed by atoms with E-state index in [2.05, 4.69) is 76.9 Å². The zero-order chi connectivity index (χ0) is 18.9. The van der Waals surface area contributed by atoms with Crippen LogP contribution in [0.2, 0.25) is 0 Å². The van der Waals surface area contributed by atoms with Crippen molar-refractivity contribution >= 4 is 34.1 Å². The van der Waals surface area contributed by atoms with E-state index in [0.717, 1.165) is 29.2 Å². The predicted octanol–water partition coefficient (Wildman–Crippen LogP) is 6.39. The van der Waals surface area contributed by atoms with Crippen LogP contribution in [0.3, 0.4) is 0 Å². The van der Waals surface area contributed by atoms with Gasteiger partial charge in [-0.2, -0.15) is 0 Å². The largest absolute Gasteiger partial charge is 0.399 e. The Morgan fingerprint density at radius 3 is 2.04 bits per heavy atom. The standard InChI is InChI=1S/C25H21N3/c26-20-11-13-24-18(16-20)15-19-17-22(27-21-7-3-1-4-8-21)12-14-25(19)28(24)23-9-5-2-6-10-23/h1-14,16-17,27H,15,26H2. The third-order valence-corrected chi connectivity index (χ3v) is 5.12. The van der Waals surface area contributed by atoms with Gasteiger partial charge >= 0.3 is 0 Å². The van der Waals surface area contributed by atoms with Crippen LogP contribution in [0.5, 0.6) is 0 Å². The fourth-order valence-electron chi connectivity index (χ4n) is 3.87. The molecule has 4 aromatic carbocycles. The summed E-state index contributed by atoms with van der Waals surface area (Å²) in [5.74, 6) is 0. The Kier molecular flexibility index (Phi) is 3.99. The molecule has 3 N–H and O–H groups in total. The number of anilines is 6. The number of nitrogens with one attached hydrogen (secondary N) is 1. The van der Waals surface area contributed by atoms with E-state index in [-0.39, 0.29) is 0 Å². The van der Waals surface area contributed by atoms with Gasteiger partial charge in [0.2, 0.25) is 0 Å². The van der Waals surface area contributed by atoms with Gasteiger partial charge in [0.25, 0.3) is 0 Å². The van der Waals surface area contributed by atoms with Crippen LogP contribution in [0, 0.1) is 0 Å². The predicted molar refractivity (Wildman–Crippen MR) is 118 cm³/mol. The Morgan fingerprint density at radius 1 is 0.643 bits per heavy atom. The van der Waals surface area contributed by atoms with Crippen LogP contribution in [-0.4, -0.2) is 0 Å². The van der Waals surface area contributed by atoms with Gasteiger partial charge < -0.3 is 16.0 Å². The van der Waals surface area contributed by atoms with Crippen LogP contribution in [0.4, 0.5) is 34.1 Å². The number of nitrogen functional groups attached to an aromatic ring is 1. The molecule has 0 fully saturated rings. The summed E-state index contributed by atoms with van der Waals surface area (Å²) in [7, 11) is 0. The van der Waals surface area contributed by atoms with E-state index in [4.69, 9.17) is 5.73 Å². The third kappa shape index (κ3) is 2.97. The summed E-state index contributed by atoms with van der Waals surface area (Å²) in [4.78, 5) is 2.32. The van der Waals surface area contributed by atoms with E-state index in [0.29, 0.717) is 0 Å². The van der Waals surface area contributed by atoms with Gasteiger partial charge in [0.15, 0.2) is 0 Å². The van der Waals surface area contributed by atoms with Crippen LogP contribution in [0.1, 0.15) is 11.1 Å². The lowest BCUT2D eigenvalue weighted by Gasteiger charge is -2.34. The van der Waals surface area contributed by atoms with Gasteiger partial charge in [0.05, 0.1) is 0 Å². The van der Waals surface area contributed by atoms with Gasteiger partial charge in [0, 0.05) is 40.5 Å². The van der Waals surface area contributed by atoms with Crippen LogP contribution in [-0.2, 0) is 6.42 Å². The molecule has 0 saturated carbocycles. The zero-order valence-electron chi connectivity index (χ0n) is 15.5. The fourth-order valence-corrected chi connectivity index (χ4v) is 3.87. The molecule has 0 amide bonds. The van der Waals surface area contributed by atoms with E-state index in [1.54, 1.807) is 0 Å². The van der Waals surface area contributed by atoms with Crippen molar-refractivity contribution in [2.45, 2.75) is 6.42 Å². The summed E-state index contributed by atoms with van der Waals surface area (Å²) in [5.41, 5.74) is 15.1. The Hall–Kier alpha value is -3.72. The Bertz CT molecular complexity index is 1120. The molecule has 28 heavy (non-hydrogen) atoms. The second-order valence-corrected chi connectivity index (χ2v) is 7.07. The minimum absolute atomic E-state index is 0.800. The van der Waals surface area contributed by atoms with Crippen LogP contribution in [0.25, 0.3) is 0 Å². The Morgan fingerprint density at radius 2 is 1.29 bits per heavy atom. The van der Waals surface area contributed by atoms with Crippen molar-refractivity contribution in [3.8, 4) is 0 Å². The number of nitrogens with two attached hydrogens (primary N) is 1. The molecular weight excluding hydrogens is 342 g/mol. The SMILES string of the molecule is Nc1ccc2c(c1)Cc1cc(Nc3ccccc3)ccc1N2c1ccccc1. The van der Waals surface area contributed by atoms with Crippen molar-refractivity contribution in [2.24, 2.45) is 0 Å². The van der Waals surface area contributed by atoms with Crippen molar-refractivity contribution in [3.05, 3.63) is 108 Å². The topological polar surface area (TPSA) is 41.3 Å². The number of fused-ring (bicyclic) bond motifs is 2. The van der Waals surface area contributed by atoms with Crippen molar-refractivity contribution in [1.29, 1.82) is 0 Å². The molecular formula is C25H21N3. The summed E-state index contributed by atoms with van der Waals surface area (Å²) >= 11 is 0. The molecule has 0 aromatic heterocycles. The molecule has 0 radical (unpaired) electrons. The first-order chi connectivity index (χ1) is 13.8. The number of para-hydroxylation sites is 2. The van der Waals surface area contributed by atoms with E-state index < -0.39 is 0 Å². The summed E-state index contributed by atoms with van der Waals surface area (Å²) < 4.78 is 0. The average Bonchev–Trinajstić information content (AvgIpc) is 2.73. The van der Waals surface area contributed by atoms with Gasteiger partial charge in [-0.15, -0.1) is 0 Å². The van der Waals surface area contributed by atoms with E-state index in [1.807, 2.05) is 30.3 Å². The Labute approximate surface area is 165 Å². The smallest absolute Gasteiger partial charge is 0.0498 e. The maximum Gasteiger partial charge on any atom is 0.0498 e. The molecule has 0 atom stereocenters. The molecule has 1 aliphatic heterocycles. The van der Waals surface area contributed by atoms with E-state index in [1.165, 1.54) is 22.5 Å². The number of nitrogens with zero attached hydrogens (tertiary/aromatic N) is 1. The molecule has 136 valence electrons. The first kappa shape index (κ1) is 16.5. The maximum atomic E-state index is 6.09. The molecule has 1 heterocycles. The van der Waals surface area contributed by atoms with Gasteiger partial charge in [-0.25, -0.2) is 0 Å². The highest BCUT2D eigenvalue weighted by atomic mass is 15.2. The minimum atomic E-state index is 0.800. The van der Waals surface area contributed by atoms with Gasteiger partial charge in [-0.3, -0.25) is 0 Å². The highest BCUT2D eigenvalue weighted by Gasteiger charge is 2.24. The van der Waals surface area contributed by atoms with Crippen molar-refractivity contribution < 1.29 is 0 Å². The van der Waals surface area contributed by atoms with E-state index >= 15 is 0 Å². The summed E-state index contributed by atoms with van der Waals surface area (Å²) in [6, 6.07) is 33.5. The number of hydrogen-bond acceptors (Lipinski definition) is 3. The average molecular weight is 363 g/mol. The molecule has 0 aliphatic carbocycles. The highest BCUT2D eigenvalue weighted by Crippen LogP contribution is 2.45. The lowest BCUT2D eigenvalue weighted by Crippen LogP contribution is -2.18. The minimum Gasteiger partial charge on any atom is -0.399 e. The van der Waals surface area contributed by atoms with Crippen LogP contribution >= 0.6 is 0 Å².